The Morgan fingerprint density at radius 3 is 2.34 bits per heavy atom. The highest BCUT2D eigenvalue weighted by molar-refractivity contribution is 7.89. The molecular formula is C26H28N2O6S. The highest BCUT2D eigenvalue weighted by Gasteiger charge is 2.51. The number of rotatable bonds is 6. The van der Waals surface area contributed by atoms with Crippen LogP contribution in [0, 0.1) is 0 Å². The monoisotopic (exact) mass is 496 g/mol. The minimum Gasteiger partial charge on any atom is -0.497 e. The first-order valence-corrected chi connectivity index (χ1v) is 13.1. The molecule has 2 aliphatic rings. The van der Waals surface area contributed by atoms with Gasteiger partial charge in [-0.15, -0.1) is 0 Å². The van der Waals surface area contributed by atoms with Crippen LogP contribution >= 0.6 is 0 Å². The third-order valence-corrected chi connectivity index (χ3v) is 8.71. The van der Waals surface area contributed by atoms with E-state index in [-0.39, 0.29) is 24.0 Å². The standard InChI is InChI=1S/C26H28N2O6S/c1-32-22-8-10-24(11-9-22)35(30,31)28-16-17-34-26(28)12-14-27(15-13-26)25(29)19-33-23-7-6-20-4-2-3-5-21(20)18-23/h2-11,18H,12-17,19H2,1H3. The topological polar surface area (TPSA) is 85.4 Å². The third kappa shape index (κ3) is 4.59. The van der Waals surface area contributed by atoms with Crippen LogP contribution in [-0.2, 0) is 19.6 Å². The average Bonchev–Trinajstić information content (AvgIpc) is 3.31. The Morgan fingerprint density at radius 2 is 1.63 bits per heavy atom. The van der Waals surface area contributed by atoms with E-state index in [1.165, 1.54) is 11.4 Å². The SMILES string of the molecule is COc1ccc(S(=O)(=O)N2CCOC23CCN(C(=O)COc2ccc4ccccc4c2)CC3)cc1. The van der Waals surface area contributed by atoms with Crippen LogP contribution in [0.3, 0.4) is 0 Å². The zero-order valence-electron chi connectivity index (χ0n) is 19.6. The maximum Gasteiger partial charge on any atom is 0.260 e. The Bertz CT molecular complexity index is 1320. The summed E-state index contributed by atoms with van der Waals surface area (Å²) in [5, 5.41) is 2.16. The van der Waals surface area contributed by atoms with Gasteiger partial charge in [0, 0.05) is 32.5 Å². The van der Waals surface area contributed by atoms with Gasteiger partial charge in [0.1, 0.15) is 17.2 Å². The highest BCUT2D eigenvalue weighted by Crippen LogP contribution is 2.38. The number of fused-ring (bicyclic) bond motifs is 1. The van der Waals surface area contributed by atoms with E-state index >= 15 is 0 Å². The zero-order valence-corrected chi connectivity index (χ0v) is 20.4. The summed E-state index contributed by atoms with van der Waals surface area (Å²) in [6.45, 7) is 1.34. The molecule has 0 bridgehead atoms. The van der Waals surface area contributed by atoms with E-state index in [4.69, 9.17) is 14.2 Å². The fourth-order valence-electron chi connectivity index (χ4n) is 4.80. The van der Waals surface area contributed by atoms with Crippen molar-refractivity contribution < 1.29 is 27.4 Å². The minimum atomic E-state index is -3.75. The molecule has 2 heterocycles. The van der Waals surface area contributed by atoms with Gasteiger partial charge in [-0.2, -0.15) is 4.31 Å². The minimum absolute atomic E-state index is 0.0694. The molecule has 35 heavy (non-hydrogen) atoms. The first-order valence-electron chi connectivity index (χ1n) is 11.6. The maximum absolute atomic E-state index is 13.4. The molecule has 0 unspecified atom stereocenters. The number of piperidine rings is 1. The van der Waals surface area contributed by atoms with E-state index in [0.29, 0.717) is 44.0 Å². The van der Waals surface area contributed by atoms with Crippen LogP contribution in [-0.4, -0.2) is 69.2 Å². The molecule has 2 fully saturated rings. The number of sulfonamides is 1. The van der Waals surface area contributed by atoms with Gasteiger partial charge in [0.05, 0.1) is 18.6 Å². The Kier molecular flexibility index (Phi) is 6.39. The van der Waals surface area contributed by atoms with E-state index in [0.717, 1.165) is 10.8 Å². The largest absolute Gasteiger partial charge is 0.497 e. The molecule has 0 radical (unpaired) electrons. The number of hydrogen-bond donors (Lipinski definition) is 0. The van der Waals surface area contributed by atoms with Crippen LogP contribution in [0.5, 0.6) is 11.5 Å². The third-order valence-electron chi connectivity index (χ3n) is 6.75. The molecule has 0 aliphatic carbocycles. The Balaban J connectivity index is 1.22. The normalized spacial score (nSPS) is 18.1. The fourth-order valence-corrected chi connectivity index (χ4v) is 6.52. The van der Waals surface area contributed by atoms with Gasteiger partial charge in [0.2, 0.25) is 10.0 Å². The fraction of sp³-hybridized carbons (Fsp3) is 0.346. The van der Waals surface area contributed by atoms with Gasteiger partial charge in [0.15, 0.2) is 6.61 Å². The van der Waals surface area contributed by atoms with Crippen LogP contribution in [0.15, 0.2) is 71.6 Å². The van der Waals surface area contributed by atoms with Gasteiger partial charge in [-0.3, -0.25) is 4.79 Å². The highest BCUT2D eigenvalue weighted by atomic mass is 32.2. The van der Waals surface area contributed by atoms with Crippen molar-refractivity contribution in [2.75, 3.05) is 40.0 Å². The first-order chi connectivity index (χ1) is 16.9. The summed E-state index contributed by atoms with van der Waals surface area (Å²) in [4.78, 5) is 14.7. The second-order valence-corrected chi connectivity index (χ2v) is 10.6. The molecule has 2 saturated heterocycles. The molecule has 0 aromatic heterocycles. The summed E-state index contributed by atoms with van der Waals surface area (Å²) in [7, 11) is -2.21. The second kappa shape index (κ2) is 9.49. The number of methoxy groups -OCH3 is 1. The van der Waals surface area contributed by atoms with Gasteiger partial charge < -0.3 is 19.1 Å². The van der Waals surface area contributed by atoms with Gasteiger partial charge in [0.25, 0.3) is 5.91 Å². The lowest BCUT2D eigenvalue weighted by Crippen LogP contribution is -2.56. The number of carbonyl (C=O) groups is 1. The summed E-state index contributed by atoms with van der Waals surface area (Å²) in [5.41, 5.74) is -0.936. The molecule has 8 nitrogen and oxygen atoms in total. The van der Waals surface area contributed by atoms with E-state index in [9.17, 15) is 13.2 Å². The van der Waals surface area contributed by atoms with Gasteiger partial charge in [-0.05, 0) is 47.2 Å². The molecule has 0 saturated carbocycles. The molecule has 0 atom stereocenters. The summed E-state index contributed by atoms with van der Waals surface area (Å²) in [5.74, 6) is 1.10. The molecule has 5 rings (SSSR count). The molecule has 2 aliphatic heterocycles. The predicted octanol–water partition coefficient (Wildman–Crippen LogP) is 3.27. The molecule has 1 spiro atoms. The van der Waals surface area contributed by atoms with Crippen molar-refractivity contribution >= 4 is 26.7 Å². The van der Waals surface area contributed by atoms with Crippen molar-refractivity contribution in [1.29, 1.82) is 0 Å². The molecule has 9 heteroatoms. The zero-order chi connectivity index (χ0) is 24.5. The number of hydrogen-bond acceptors (Lipinski definition) is 6. The van der Waals surface area contributed by atoms with E-state index in [2.05, 4.69) is 0 Å². The van der Waals surface area contributed by atoms with Gasteiger partial charge >= 0.3 is 0 Å². The number of benzene rings is 3. The lowest BCUT2D eigenvalue weighted by Gasteiger charge is -2.42. The maximum atomic E-state index is 13.4. The van der Waals surface area contributed by atoms with Crippen molar-refractivity contribution in [3.05, 3.63) is 66.7 Å². The number of ether oxygens (including phenoxy) is 3. The van der Waals surface area contributed by atoms with Crippen LogP contribution in [0.1, 0.15) is 12.8 Å². The Morgan fingerprint density at radius 1 is 0.943 bits per heavy atom. The Hall–Kier alpha value is -3.14. The lowest BCUT2D eigenvalue weighted by atomic mass is 10.0. The average molecular weight is 497 g/mol. The first kappa shape index (κ1) is 23.6. The van der Waals surface area contributed by atoms with E-state index < -0.39 is 15.7 Å². The molecule has 3 aromatic rings. The summed E-state index contributed by atoms with van der Waals surface area (Å²) >= 11 is 0. The van der Waals surface area contributed by atoms with E-state index in [1.54, 1.807) is 29.2 Å². The molecule has 184 valence electrons. The number of nitrogens with zero attached hydrogens (tertiary/aromatic N) is 2. The second-order valence-electron chi connectivity index (χ2n) is 8.73. The smallest absolute Gasteiger partial charge is 0.260 e. The van der Waals surface area contributed by atoms with Crippen LogP contribution in [0.25, 0.3) is 10.8 Å². The predicted molar refractivity (Wildman–Crippen MR) is 131 cm³/mol. The van der Waals surface area contributed by atoms with Crippen LogP contribution < -0.4 is 9.47 Å². The lowest BCUT2D eigenvalue weighted by molar-refractivity contribution is -0.142. The quantitative estimate of drug-likeness (QED) is 0.521. The van der Waals surface area contributed by atoms with Crippen molar-refractivity contribution in [2.24, 2.45) is 0 Å². The summed E-state index contributed by atoms with van der Waals surface area (Å²) < 4.78 is 45.1. The van der Waals surface area contributed by atoms with Crippen molar-refractivity contribution in [3.8, 4) is 11.5 Å². The van der Waals surface area contributed by atoms with Gasteiger partial charge in [-0.1, -0.05) is 30.3 Å². The van der Waals surface area contributed by atoms with Gasteiger partial charge in [-0.25, -0.2) is 8.42 Å². The molecular weight excluding hydrogens is 468 g/mol. The Labute approximate surface area is 205 Å². The number of likely N-dealkylation sites (tertiary alicyclic amines) is 1. The summed E-state index contributed by atoms with van der Waals surface area (Å²) in [6.07, 6.45) is 0.814. The van der Waals surface area contributed by atoms with Crippen molar-refractivity contribution in [1.82, 2.24) is 9.21 Å². The molecule has 0 N–H and O–H groups in total. The molecule has 3 aromatic carbocycles. The van der Waals surface area contributed by atoms with Crippen LogP contribution in [0.2, 0.25) is 0 Å². The van der Waals surface area contributed by atoms with Crippen molar-refractivity contribution in [2.45, 2.75) is 23.5 Å². The number of carbonyl (C=O) groups excluding carboxylic acids is 1. The van der Waals surface area contributed by atoms with Crippen LogP contribution in [0.4, 0.5) is 0 Å². The number of amides is 1. The van der Waals surface area contributed by atoms with E-state index in [1.807, 2.05) is 42.5 Å². The van der Waals surface area contributed by atoms with Crippen molar-refractivity contribution in [3.63, 3.8) is 0 Å². The molecule has 1 amide bonds. The summed E-state index contributed by atoms with van der Waals surface area (Å²) in [6, 6.07) is 20.1.